The van der Waals surface area contributed by atoms with E-state index < -0.39 is 10.0 Å². The van der Waals surface area contributed by atoms with Crippen molar-refractivity contribution >= 4 is 33.4 Å². The zero-order chi connectivity index (χ0) is 18.7. The van der Waals surface area contributed by atoms with Crippen LogP contribution >= 0.6 is 0 Å². The Morgan fingerprint density at radius 1 is 1.08 bits per heavy atom. The Balaban J connectivity index is 1.64. The lowest BCUT2D eigenvalue weighted by Crippen LogP contribution is -2.24. The molecule has 1 amide bonds. The van der Waals surface area contributed by atoms with Crippen LogP contribution in [0.3, 0.4) is 0 Å². The molecule has 6 heteroatoms. The Morgan fingerprint density at radius 2 is 1.81 bits per heavy atom. The van der Waals surface area contributed by atoms with Gasteiger partial charge in [0.05, 0.1) is 11.4 Å². The summed E-state index contributed by atoms with van der Waals surface area (Å²) in [5.74, 6) is -0.00715. The van der Waals surface area contributed by atoms with Gasteiger partial charge in [0.2, 0.25) is 15.9 Å². The number of carbonyl (C=O) groups excluding carboxylic acids is 1. The third-order valence-electron chi connectivity index (χ3n) is 4.48. The smallest absolute Gasteiger partial charge is 0.248 e. The zero-order valence-corrected chi connectivity index (χ0v) is 15.7. The number of rotatable bonds is 4. The molecule has 26 heavy (non-hydrogen) atoms. The van der Waals surface area contributed by atoms with Gasteiger partial charge >= 0.3 is 0 Å². The molecule has 0 aliphatic carbocycles. The first-order chi connectivity index (χ1) is 12.3. The van der Waals surface area contributed by atoms with E-state index >= 15 is 0 Å². The SMILES string of the molecule is Cc1ccc(NC(=O)/C=C/c2ccc(N3CCCS3(=O)=O)cc2)cc1C. The van der Waals surface area contributed by atoms with Gasteiger partial charge < -0.3 is 5.32 Å². The second kappa shape index (κ2) is 7.33. The number of sulfonamides is 1. The first-order valence-corrected chi connectivity index (χ1v) is 10.1. The van der Waals surface area contributed by atoms with Crippen molar-refractivity contribution < 1.29 is 13.2 Å². The number of anilines is 2. The van der Waals surface area contributed by atoms with Crippen LogP contribution in [0.4, 0.5) is 11.4 Å². The second-order valence-electron chi connectivity index (χ2n) is 6.45. The minimum Gasteiger partial charge on any atom is -0.323 e. The molecule has 0 saturated carbocycles. The molecular formula is C20H22N2O3S. The second-order valence-corrected chi connectivity index (χ2v) is 8.47. The maximum atomic E-state index is 12.1. The first kappa shape index (κ1) is 18.2. The molecule has 136 valence electrons. The topological polar surface area (TPSA) is 66.5 Å². The van der Waals surface area contributed by atoms with Gasteiger partial charge in [-0.2, -0.15) is 0 Å². The molecular weight excluding hydrogens is 348 g/mol. The normalized spacial score (nSPS) is 16.2. The van der Waals surface area contributed by atoms with E-state index in [0.717, 1.165) is 16.8 Å². The average molecular weight is 370 g/mol. The van der Waals surface area contributed by atoms with E-state index in [1.54, 1.807) is 18.2 Å². The van der Waals surface area contributed by atoms with Gasteiger partial charge in [-0.25, -0.2) is 8.42 Å². The highest BCUT2D eigenvalue weighted by Crippen LogP contribution is 2.24. The van der Waals surface area contributed by atoms with Crippen molar-refractivity contribution in [3.05, 3.63) is 65.2 Å². The van der Waals surface area contributed by atoms with Crippen molar-refractivity contribution in [2.75, 3.05) is 21.9 Å². The van der Waals surface area contributed by atoms with Crippen molar-refractivity contribution in [3.63, 3.8) is 0 Å². The summed E-state index contributed by atoms with van der Waals surface area (Å²) in [6, 6.07) is 12.9. The molecule has 1 aliphatic heterocycles. The lowest BCUT2D eigenvalue weighted by Gasteiger charge is -2.16. The summed E-state index contributed by atoms with van der Waals surface area (Å²) in [6.45, 7) is 4.55. The van der Waals surface area contributed by atoms with Crippen molar-refractivity contribution in [1.82, 2.24) is 0 Å². The first-order valence-electron chi connectivity index (χ1n) is 8.52. The maximum Gasteiger partial charge on any atom is 0.248 e. The van der Waals surface area contributed by atoms with Gasteiger partial charge in [-0.3, -0.25) is 9.10 Å². The number of amides is 1. The largest absolute Gasteiger partial charge is 0.323 e. The number of carbonyl (C=O) groups is 1. The van der Waals surface area contributed by atoms with E-state index in [9.17, 15) is 13.2 Å². The van der Waals surface area contributed by atoms with Crippen LogP contribution in [0.1, 0.15) is 23.1 Å². The van der Waals surface area contributed by atoms with Crippen LogP contribution in [0.15, 0.2) is 48.5 Å². The summed E-state index contributed by atoms with van der Waals surface area (Å²) in [5.41, 5.74) is 4.56. The lowest BCUT2D eigenvalue weighted by molar-refractivity contribution is -0.111. The van der Waals surface area contributed by atoms with E-state index in [0.29, 0.717) is 18.7 Å². The fraction of sp³-hybridized carbons (Fsp3) is 0.250. The third-order valence-corrected chi connectivity index (χ3v) is 6.35. The molecule has 1 aliphatic rings. The van der Waals surface area contributed by atoms with E-state index in [-0.39, 0.29) is 11.7 Å². The van der Waals surface area contributed by atoms with E-state index in [1.165, 1.54) is 15.9 Å². The number of nitrogens with zero attached hydrogens (tertiary/aromatic N) is 1. The quantitative estimate of drug-likeness (QED) is 0.838. The Kier molecular flexibility index (Phi) is 5.13. The van der Waals surface area contributed by atoms with Crippen LogP contribution in [0.2, 0.25) is 0 Å². The lowest BCUT2D eigenvalue weighted by atomic mass is 10.1. The number of nitrogens with one attached hydrogen (secondary N) is 1. The Hall–Kier alpha value is -2.60. The molecule has 3 rings (SSSR count). The molecule has 0 bridgehead atoms. The fourth-order valence-corrected chi connectivity index (χ4v) is 4.42. The Morgan fingerprint density at radius 3 is 2.42 bits per heavy atom. The highest BCUT2D eigenvalue weighted by molar-refractivity contribution is 7.93. The molecule has 1 N–H and O–H groups in total. The molecule has 0 atom stereocenters. The standard InChI is InChI=1S/C20H22N2O3S/c1-15-4-8-18(14-16(15)2)21-20(23)11-7-17-5-9-19(10-6-17)22-12-3-13-26(22,24)25/h4-11,14H,3,12-13H2,1-2H3,(H,21,23)/b11-7+. The summed E-state index contributed by atoms with van der Waals surface area (Å²) in [7, 11) is -3.17. The Bertz CT molecular complexity index is 948. The van der Waals surface area contributed by atoms with Gasteiger partial charge in [-0.15, -0.1) is 0 Å². The molecule has 1 heterocycles. The van der Waals surface area contributed by atoms with Crippen LogP contribution in [-0.2, 0) is 14.8 Å². The molecule has 0 aromatic heterocycles. The van der Waals surface area contributed by atoms with Crippen LogP contribution in [0, 0.1) is 13.8 Å². The molecule has 1 fully saturated rings. The molecule has 1 saturated heterocycles. The monoisotopic (exact) mass is 370 g/mol. The number of benzene rings is 2. The van der Waals surface area contributed by atoms with Gasteiger partial charge in [-0.05, 0) is 67.3 Å². The molecule has 2 aromatic rings. The van der Waals surface area contributed by atoms with Gasteiger partial charge in [0.15, 0.2) is 0 Å². The van der Waals surface area contributed by atoms with Crippen molar-refractivity contribution in [2.45, 2.75) is 20.3 Å². The van der Waals surface area contributed by atoms with E-state index in [4.69, 9.17) is 0 Å². The minimum atomic E-state index is -3.17. The fourth-order valence-electron chi connectivity index (χ4n) is 2.86. The third kappa shape index (κ3) is 4.14. The Labute approximate surface area is 154 Å². The number of hydrogen-bond donors (Lipinski definition) is 1. The van der Waals surface area contributed by atoms with Gasteiger partial charge in [0, 0.05) is 18.3 Å². The van der Waals surface area contributed by atoms with Crippen LogP contribution in [-0.4, -0.2) is 26.6 Å². The molecule has 0 spiro atoms. The maximum absolute atomic E-state index is 12.1. The summed E-state index contributed by atoms with van der Waals surface area (Å²) in [4.78, 5) is 12.1. The number of hydrogen-bond acceptors (Lipinski definition) is 3. The van der Waals surface area contributed by atoms with Crippen LogP contribution in [0.5, 0.6) is 0 Å². The summed E-state index contributed by atoms with van der Waals surface area (Å²) >= 11 is 0. The van der Waals surface area contributed by atoms with Crippen molar-refractivity contribution in [1.29, 1.82) is 0 Å². The van der Waals surface area contributed by atoms with E-state index in [1.807, 2.05) is 44.2 Å². The molecule has 0 unspecified atom stereocenters. The van der Waals surface area contributed by atoms with Gasteiger partial charge in [0.25, 0.3) is 0 Å². The van der Waals surface area contributed by atoms with Crippen LogP contribution < -0.4 is 9.62 Å². The number of aryl methyl sites for hydroxylation is 2. The summed E-state index contributed by atoms with van der Waals surface area (Å²) in [5, 5.41) is 2.83. The zero-order valence-electron chi connectivity index (χ0n) is 14.9. The van der Waals surface area contributed by atoms with Gasteiger partial charge in [-0.1, -0.05) is 18.2 Å². The van der Waals surface area contributed by atoms with Gasteiger partial charge in [0.1, 0.15) is 0 Å². The van der Waals surface area contributed by atoms with Crippen LogP contribution in [0.25, 0.3) is 6.08 Å². The molecule has 5 nitrogen and oxygen atoms in total. The predicted molar refractivity (Wildman–Crippen MR) is 106 cm³/mol. The predicted octanol–water partition coefficient (Wildman–Crippen LogP) is 3.50. The minimum absolute atomic E-state index is 0.202. The molecule has 2 aromatic carbocycles. The van der Waals surface area contributed by atoms with E-state index in [2.05, 4.69) is 5.32 Å². The average Bonchev–Trinajstić information content (AvgIpc) is 2.96. The highest BCUT2D eigenvalue weighted by atomic mass is 32.2. The molecule has 0 radical (unpaired) electrons. The van der Waals surface area contributed by atoms with Crippen molar-refractivity contribution in [2.24, 2.45) is 0 Å². The highest BCUT2D eigenvalue weighted by Gasteiger charge is 2.28. The summed E-state index contributed by atoms with van der Waals surface area (Å²) in [6.07, 6.45) is 3.83. The summed E-state index contributed by atoms with van der Waals surface area (Å²) < 4.78 is 25.3. The van der Waals surface area contributed by atoms with Crippen molar-refractivity contribution in [3.8, 4) is 0 Å².